The number of ether oxygens (including phenoxy) is 2. The van der Waals surface area contributed by atoms with E-state index in [4.69, 9.17) is 9.47 Å². The molecule has 0 bridgehead atoms. The highest BCUT2D eigenvalue weighted by molar-refractivity contribution is 5.75. The second-order valence-electron chi connectivity index (χ2n) is 8.08. The number of hydrogen-bond acceptors (Lipinski definition) is 2. The van der Waals surface area contributed by atoms with Crippen LogP contribution in [0.25, 0.3) is 34.4 Å². The molecular formula is C31H24F4O2. The van der Waals surface area contributed by atoms with Crippen molar-refractivity contribution in [2.75, 3.05) is 13.2 Å². The van der Waals surface area contributed by atoms with Crippen LogP contribution in [-0.4, -0.2) is 13.2 Å². The van der Waals surface area contributed by atoms with Crippen LogP contribution < -0.4 is 9.47 Å². The zero-order chi connectivity index (χ0) is 26.4. The molecule has 188 valence electrons. The Morgan fingerprint density at radius 2 is 1.24 bits per heavy atom. The van der Waals surface area contributed by atoms with Crippen LogP contribution in [0.3, 0.4) is 0 Å². The van der Waals surface area contributed by atoms with Crippen molar-refractivity contribution < 1.29 is 27.0 Å². The highest BCUT2D eigenvalue weighted by atomic mass is 19.2. The lowest BCUT2D eigenvalue weighted by Gasteiger charge is -2.10. The van der Waals surface area contributed by atoms with Crippen molar-refractivity contribution in [3.63, 3.8) is 0 Å². The molecule has 0 saturated carbocycles. The van der Waals surface area contributed by atoms with Gasteiger partial charge in [0.25, 0.3) is 0 Å². The second-order valence-corrected chi connectivity index (χ2v) is 8.08. The van der Waals surface area contributed by atoms with E-state index in [1.54, 1.807) is 54.6 Å². The summed E-state index contributed by atoms with van der Waals surface area (Å²) < 4.78 is 68.9. The lowest BCUT2D eigenvalue weighted by atomic mass is 9.98. The summed E-state index contributed by atoms with van der Waals surface area (Å²) in [5.41, 5.74) is 2.00. The predicted molar refractivity (Wildman–Crippen MR) is 139 cm³/mol. The summed E-state index contributed by atoms with van der Waals surface area (Å²) in [6.07, 6.45) is 4.46. The molecule has 0 saturated heterocycles. The summed E-state index contributed by atoms with van der Waals surface area (Å²) in [6, 6.07) is 19.2. The second kappa shape index (κ2) is 11.6. The molecule has 0 aliphatic carbocycles. The molecule has 0 fully saturated rings. The number of benzene rings is 4. The van der Waals surface area contributed by atoms with Gasteiger partial charge in [-0.1, -0.05) is 73.3 Å². The highest BCUT2D eigenvalue weighted by Gasteiger charge is 2.16. The van der Waals surface area contributed by atoms with Crippen molar-refractivity contribution in [2.45, 2.75) is 6.92 Å². The van der Waals surface area contributed by atoms with Gasteiger partial charge in [0.1, 0.15) is 12.4 Å². The van der Waals surface area contributed by atoms with Crippen molar-refractivity contribution in [3.05, 3.63) is 120 Å². The number of halogens is 4. The molecule has 0 aliphatic rings. The molecule has 0 aliphatic heterocycles. The summed E-state index contributed by atoms with van der Waals surface area (Å²) in [4.78, 5) is 0. The van der Waals surface area contributed by atoms with Gasteiger partial charge in [0.15, 0.2) is 23.2 Å². The van der Waals surface area contributed by atoms with E-state index < -0.39 is 23.3 Å². The molecule has 37 heavy (non-hydrogen) atoms. The van der Waals surface area contributed by atoms with E-state index in [1.807, 2.05) is 6.92 Å². The number of rotatable bonds is 9. The van der Waals surface area contributed by atoms with Gasteiger partial charge >= 0.3 is 0 Å². The van der Waals surface area contributed by atoms with Gasteiger partial charge in [-0.15, -0.1) is 0 Å². The van der Waals surface area contributed by atoms with Crippen LogP contribution in [0.15, 0.2) is 85.5 Å². The van der Waals surface area contributed by atoms with Crippen LogP contribution in [0.2, 0.25) is 0 Å². The Bertz CT molecular complexity index is 1430. The van der Waals surface area contributed by atoms with Gasteiger partial charge in [-0.25, -0.2) is 13.2 Å². The molecule has 4 rings (SSSR count). The first kappa shape index (κ1) is 25.8. The molecule has 0 N–H and O–H groups in total. The Labute approximate surface area is 213 Å². The van der Waals surface area contributed by atoms with Crippen LogP contribution in [0.5, 0.6) is 11.5 Å². The van der Waals surface area contributed by atoms with E-state index in [1.165, 1.54) is 36.4 Å². The maximum atomic E-state index is 15.0. The first-order valence-electron chi connectivity index (χ1n) is 11.6. The Morgan fingerprint density at radius 3 is 1.81 bits per heavy atom. The molecular weight excluding hydrogens is 480 g/mol. The zero-order valence-corrected chi connectivity index (χ0v) is 20.1. The van der Waals surface area contributed by atoms with Crippen molar-refractivity contribution in [2.24, 2.45) is 0 Å². The van der Waals surface area contributed by atoms with Crippen LogP contribution >= 0.6 is 0 Å². The number of hydrogen-bond donors (Lipinski definition) is 0. The topological polar surface area (TPSA) is 18.5 Å². The highest BCUT2D eigenvalue weighted by Crippen LogP contribution is 2.32. The first-order valence-corrected chi connectivity index (χ1v) is 11.6. The van der Waals surface area contributed by atoms with Crippen LogP contribution in [0.4, 0.5) is 17.6 Å². The minimum absolute atomic E-state index is 0.0468. The van der Waals surface area contributed by atoms with E-state index in [0.717, 1.165) is 0 Å². The SMILES string of the molecule is C=CCOc1ccc(/C=C/c2ccc(-c3ccc(-c4ccc(OCC)cc4)c(F)c3F)cc2)c(F)c1F. The third-order valence-electron chi connectivity index (χ3n) is 5.67. The standard InChI is InChI=1S/C31H24F4O2/c1-3-19-37-27-18-13-23(28(32)31(27)35)10-7-20-5-8-21(9-6-20)25-16-17-26(30(34)29(25)33)22-11-14-24(15-12-22)36-4-2/h3,5-18H,1,4,19H2,2H3/b10-7+. The van der Waals surface area contributed by atoms with Crippen LogP contribution in [-0.2, 0) is 0 Å². The predicted octanol–water partition coefficient (Wildman–Crippen LogP) is 8.71. The minimum atomic E-state index is -1.08. The fraction of sp³-hybridized carbons (Fsp3) is 0.0968. The Kier molecular flexibility index (Phi) is 8.08. The van der Waals surface area contributed by atoms with Crippen molar-refractivity contribution >= 4 is 12.2 Å². The molecule has 0 spiro atoms. The molecule has 0 atom stereocenters. The molecule has 2 nitrogen and oxygen atoms in total. The van der Waals surface area contributed by atoms with Gasteiger partial charge in [-0.3, -0.25) is 0 Å². The fourth-order valence-corrected chi connectivity index (χ4v) is 3.79. The lowest BCUT2D eigenvalue weighted by molar-refractivity contribution is 0.332. The minimum Gasteiger partial charge on any atom is -0.494 e. The average molecular weight is 505 g/mol. The van der Waals surface area contributed by atoms with E-state index in [0.29, 0.717) is 29.0 Å². The summed E-state index contributed by atoms with van der Waals surface area (Å²) in [6.45, 7) is 5.91. The largest absolute Gasteiger partial charge is 0.494 e. The maximum absolute atomic E-state index is 15.0. The lowest BCUT2D eigenvalue weighted by Crippen LogP contribution is -1.99. The van der Waals surface area contributed by atoms with Gasteiger partial charge in [0, 0.05) is 16.7 Å². The normalized spacial score (nSPS) is 11.1. The fourth-order valence-electron chi connectivity index (χ4n) is 3.79. The molecule has 0 radical (unpaired) electrons. The van der Waals surface area contributed by atoms with Gasteiger partial charge in [-0.05, 0) is 47.9 Å². The molecule has 6 heteroatoms. The molecule has 0 unspecified atom stereocenters. The van der Waals surface area contributed by atoms with Crippen molar-refractivity contribution in [1.82, 2.24) is 0 Å². The van der Waals surface area contributed by atoms with E-state index in [2.05, 4.69) is 6.58 Å². The Hall–Kier alpha value is -4.32. The summed E-state index contributed by atoms with van der Waals surface area (Å²) >= 11 is 0. The van der Waals surface area contributed by atoms with Gasteiger partial charge < -0.3 is 9.47 Å². The van der Waals surface area contributed by atoms with E-state index >= 15 is 0 Å². The molecule has 4 aromatic carbocycles. The Balaban J connectivity index is 1.53. The van der Waals surface area contributed by atoms with Gasteiger partial charge in [0.05, 0.1) is 6.61 Å². The summed E-state index contributed by atoms with van der Waals surface area (Å²) in [5, 5.41) is 0. The summed E-state index contributed by atoms with van der Waals surface area (Å²) in [7, 11) is 0. The zero-order valence-electron chi connectivity index (χ0n) is 20.1. The summed E-state index contributed by atoms with van der Waals surface area (Å²) in [5.74, 6) is -3.54. The third-order valence-corrected chi connectivity index (χ3v) is 5.67. The monoisotopic (exact) mass is 504 g/mol. The first-order chi connectivity index (χ1) is 17.9. The average Bonchev–Trinajstić information content (AvgIpc) is 2.92. The van der Waals surface area contributed by atoms with Gasteiger partial charge in [0.2, 0.25) is 5.82 Å². The van der Waals surface area contributed by atoms with Crippen LogP contribution in [0.1, 0.15) is 18.1 Å². The van der Waals surface area contributed by atoms with Crippen molar-refractivity contribution in [1.29, 1.82) is 0 Å². The molecule has 0 aromatic heterocycles. The van der Waals surface area contributed by atoms with E-state index in [-0.39, 0.29) is 29.0 Å². The third kappa shape index (κ3) is 5.75. The molecule has 0 amide bonds. The maximum Gasteiger partial charge on any atom is 0.201 e. The molecule has 0 heterocycles. The van der Waals surface area contributed by atoms with Crippen molar-refractivity contribution in [3.8, 4) is 33.8 Å². The van der Waals surface area contributed by atoms with Gasteiger partial charge in [-0.2, -0.15) is 4.39 Å². The quantitative estimate of drug-likeness (QED) is 0.129. The van der Waals surface area contributed by atoms with Crippen LogP contribution in [0, 0.1) is 23.3 Å². The van der Waals surface area contributed by atoms with E-state index in [9.17, 15) is 17.6 Å². The Morgan fingerprint density at radius 1 is 0.649 bits per heavy atom. The molecule has 4 aromatic rings. The smallest absolute Gasteiger partial charge is 0.201 e.